The lowest BCUT2D eigenvalue weighted by Gasteiger charge is -2.17. The van der Waals surface area contributed by atoms with Gasteiger partial charge in [-0.1, -0.05) is 11.6 Å². The molecule has 0 bridgehead atoms. The van der Waals surface area contributed by atoms with Gasteiger partial charge >= 0.3 is 0 Å². The third-order valence-electron chi connectivity index (χ3n) is 3.17. The summed E-state index contributed by atoms with van der Waals surface area (Å²) in [6.07, 6.45) is 3.03. The van der Waals surface area contributed by atoms with E-state index in [-0.39, 0.29) is 11.4 Å². The van der Waals surface area contributed by atoms with Crippen LogP contribution in [-0.2, 0) is 23.6 Å². The first-order valence-corrected chi connectivity index (χ1v) is 8.52. The Kier molecular flexibility index (Phi) is 5.10. The standard InChI is InChI=1S/C14H18ClN3O3S/c1-4-21-14-6-5-13(8-16-14)22(19,20)18(3)10-12-7-11(15)9-17(12)2/h5-9H,4,10H2,1-3H3. The van der Waals surface area contributed by atoms with Crippen LogP contribution < -0.4 is 4.74 Å². The summed E-state index contributed by atoms with van der Waals surface area (Å²) in [7, 11) is -0.277. The summed E-state index contributed by atoms with van der Waals surface area (Å²) in [4.78, 5) is 4.12. The van der Waals surface area contributed by atoms with Crippen molar-refractivity contribution in [2.24, 2.45) is 7.05 Å². The van der Waals surface area contributed by atoms with Crippen LogP contribution in [0.4, 0.5) is 0 Å². The van der Waals surface area contributed by atoms with Gasteiger partial charge in [0.1, 0.15) is 4.90 Å². The van der Waals surface area contributed by atoms with Crippen molar-refractivity contribution < 1.29 is 13.2 Å². The van der Waals surface area contributed by atoms with Gasteiger partial charge in [-0.2, -0.15) is 4.31 Å². The number of ether oxygens (including phenoxy) is 1. The lowest BCUT2D eigenvalue weighted by molar-refractivity contribution is 0.326. The van der Waals surface area contributed by atoms with Crippen LogP contribution in [0.2, 0.25) is 5.02 Å². The van der Waals surface area contributed by atoms with Gasteiger partial charge in [0.2, 0.25) is 15.9 Å². The Bertz CT molecular complexity index is 741. The Morgan fingerprint density at radius 2 is 2.14 bits per heavy atom. The molecule has 0 atom stereocenters. The van der Waals surface area contributed by atoms with Crippen LogP contribution in [0.15, 0.2) is 35.5 Å². The highest BCUT2D eigenvalue weighted by molar-refractivity contribution is 7.89. The molecule has 0 spiro atoms. The van der Waals surface area contributed by atoms with Crippen molar-refractivity contribution in [3.8, 4) is 5.88 Å². The van der Waals surface area contributed by atoms with E-state index in [2.05, 4.69) is 4.98 Å². The van der Waals surface area contributed by atoms with E-state index in [4.69, 9.17) is 16.3 Å². The zero-order chi connectivity index (χ0) is 16.3. The van der Waals surface area contributed by atoms with E-state index in [0.29, 0.717) is 17.5 Å². The molecule has 0 amide bonds. The second-order valence-corrected chi connectivity index (χ2v) is 7.27. The third kappa shape index (κ3) is 3.60. The van der Waals surface area contributed by atoms with Crippen LogP contribution in [0.5, 0.6) is 5.88 Å². The molecule has 0 saturated carbocycles. The summed E-state index contributed by atoms with van der Waals surface area (Å²) in [5, 5.41) is 0.575. The van der Waals surface area contributed by atoms with Crippen molar-refractivity contribution in [2.45, 2.75) is 18.4 Å². The third-order valence-corrected chi connectivity index (χ3v) is 5.16. The molecule has 0 N–H and O–H groups in total. The first-order valence-electron chi connectivity index (χ1n) is 6.70. The molecule has 0 fully saturated rings. The predicted octanol–water partition coefficient (Wildman–Crippen LogP) is 2.29. The normalized spacial score (nSPS) is 11.9. The van der Waals surface area contributed by atoms with Crippen molar-refractivity contribution in [2.75, 3.05) is 13.7 Å². The highest BCUT2D eigenvalue weighted by Gasteiger charge is 2.22. The number of rotatable bonds is 6. The SMILES string of the molecule is CCOc1ccc(S(=O)(=O)N(C)Cc2cc(Cl)cn2C)cn1. The minimum absolute atomic E-state index is 0.124. The van der Waals surface area contributed by atoms with Gasteiger partial charge in [0.15, 0.2) is 0 Å². The Morgan fingerprint density at radius 3 is 2.64 bits per heavy atom. The highest BCUT2D eigenvalue weighted by Crippen LogP contribution is 2.20. The molecular formula is C14H18ClN3O3S. The molecule has 0 aromatic carbocycles. The Morgan fingerprint density at radius 1 is 1.41 bits per heavy atom. The molecule has 0 saturated heterocycles. The van der Waals surface area contributed by atoms with Crippen LogP contribution in [0.25, 0.3) is 0 Å². The van der Waals surface area contributed by atoms with Gasteiger partial charge in [0.05, 0.1) is 24.4 Å². The largest absolute Gasteiger partial charge is 0.478 e. The molecule has 8 heteroatoms. The number of sulfonamides is 1. The van der Waals surface area contributed by atoms with Crippen LogP contribution >= 0.6 is 11.6 Å². The van der Waals surface area contributed by atoms with E-state index in [0.717, 1.165) is 5.69 Å². The molecule has 0 radical (unpaired) electrons. The van der Waals surface area contributed by atoms with Gasteiger partial charge in [-0.05, 0) is 19.1 Å². The minimum atomic E-state index is -3.62. The summed E-state index contributed by atoms with van der Waals surface area (Å²) >= 11 is 5.91. The average Bonchev–Trinajstić information content (AvgIpc) is 2.78. The molecule has 2 heterocycles. The van der Waals surface area contributed by atoms with Gasteiger partial charge < -0.3 is 9.30 Å². The van der Waals surface area contributed by atoms with Crippen LogP contribution in [0.3, 0.4) is 0 Å². The monoisotopic (exact) mass is 343 g/mol. The van der Waals surface area contributed by atoms with E-state index in [1.54, 1.807) is 22.9 Å². The maximum absolute atomic E-state index is 12.5. The highest BCUT2D eigenvalue weighted by atomic mass is 35.5. The van der Waals surface area contributed by atoms with E-state index < -0.39 is 10.0 Å². The fraction of sp³-hybridized carbons (Fsp3) is 0.357. The number of nitrogens with zero attached hydrogens (tertiary/aromatic N) is 3. The summed E-state index contributed by atoms with van der Waals surface area (Å²) < 4.78 is 33.3. The number of halogens is 1. The number of aryl methyl sites for hydroxylation is 1. The zero-order valence-electron chi connectivity index (χ0n) is 12.7. The van der Waals surface area contributed by atoms with Gasteiger partial charge in [-0.15, -0.1) is 0 Å². The first-order chi connectivity index (χ1) is 10.3. The molecular weight excluding hydrogens is 326 g/mol. The predicted molar refractivity (Wildman–Crippen MR) is 84.5 cm³/mol. The Hall–Kier alpha value is -1.57. The number of pyridine rings is 1. The lowest BCUT2D eigenvalue weighted by Crippen LogP contribution is -2.27. The summed E-state index contributed by atoms with van der Waals surface area (Å²) in [6, 6.07) is 4.77. The summed E-state index contributed by atoms with van der Waals surface area (Å²) in [5.41, 5.74) is 0.801. The molecule has 120 valence electrons. The number of hydrogen-bond acceptors (Lipinski definition) is 4. The molecule has 0 aliphatic rings. The maximum atomic E-state index is 12.5. The number of aromatic nitrogens is 2. The molecule has 2 rings (SSSR count). The van der Waals surface area contributed by atoms with Crippen molar-refractivity contribution in [3.63, 3.8) is 0 Å². The van der Waals surface area contributed by atoms with Gasteiger partial charge in [-0.3, -0.25) is 0 Å². The second kappa shape index (κ2) is 6.68. The van der Waals surface area contributed by atoms with Crippen molar-refractivity contribution in [1.82, 2.24) is 13.9 Å². The van der Waals surface area contributed by atoms with Gasteiger partial charge in [0.25, 0.3) is 0 Å². The van der Waals surface area contributed by atoms with Crippen LogP contribution in [0.1, 0.15) is 12.6 Å². The summed E-state index contributed by atoms with van der Waals surface area (Å²) in [5.74, 6) is 0.401. The number of hydrogen-bond donors (Lipinski definition) is 0. The van der Waals surface area contributed by atoms with E-state index >= 15 is 0 Å². The van der Waals surface area contributed by atoms with E-state index in [9.17, 15) is 8.42 Å². The average molecular weight is 344 g/mol. The lowest BCUT2D eigenvalue weighted by atomic mass is 10.4. The van der Waals surface area contributed by atoms with E-state index in [1.807, 2.05) is 14.0 Å². The smallest absolute Gasteiger partial charge is 0.244 e. The van der Waals surface area contributed by atoms with Crippen molar-refractivity contribution in [1.29, 1.82) is 0 Å². The molecule has 0 unspecified atom stereocenters. The van der Waals surface area contributed by atoms with Crippen LogP contribution in [0, 0.1) is 0 Å². The molecule has 22 heavy (non-hydrogen) atoms. The molecule has 0 aliphatic carbocycles. The van der Waals surface area contributed by atoms with Gasteiger partial charge in [-0.25, -0.2) is 13.4 Å². The quantitative estimate of drug-likeness (QED) is 0.807. The van der Waals surface area contributed by atoms with Crippen LogP contribution in [-0.4, -0.2) is 35.9 Å². The maximum Gasteiger partial charge on any atom is 0.244 e. The fourth-order valence-electron chi connectivity index (χ4n) is 1.97. The van der Waals surface area contributed by atoms with Crippen molar-refractivity contribution >= 4 is 21.6 Å². The molecule has 6 nitrogen and oxygen atoms in total. The fourth-order valence-corrected chi connectivity index (χ4v) is 3.33. The zero-order valence-corrected chi connectivity index (χ0v) is 14.2. The van der Waals surface area contributed by atoms with Crippen molar-refractivity contribution in [3.05, 3.63) is 41.3 Å². The topological polar surface area (TPSA) is 64.4 Å². The second-order valence-electron chi connectivity index (χ2n) is 4.79. The first kappa shape index (κ1) is 16.8. The molecule has 0 aliphatic heterocycles. The summed E-state index contributed by atoms with van der Waals surface area (Å²) in [6.45, 7) is 2.54. The minimum Gasteiger partial charge on any atom is -0.478 e. The Balaban J connectivity index is 2.19. The van der Waals surface area contributed by atoms with E-state index in [1.165, 1.54) is 23.6 Å². The Labute approximate surface area is 135 Å². The molecule has 2 aromatic heterocycles. The molecule has 2 aromatic rings. The van der Waals surface area contributed by atoms with Gasteiger partial charge in [0, 0.05) is 32.1 Å².